The third-order valence-corrected chi connectivity index (χ3v) is 3.82. The zero-order chi connectivity index (χ0) is 14.5. The molecule has 0 aliphatic carbocycles. The van der Waals surface area contributed by atoms with Crippen molar-refractivity contribution in [3.63, 3.8) is 0 Å². The Hall–Kier alpha value is -2.08. The van der Waals surface area contributed by atoms with Crippen molar-refractivity contribution in [2.24, 2.45) is 0 Å². The van der Waals surface area contributed by atoms with Crippen LogP contribution in [0.3, 0.4) is 0 Å². The minimum Gasteiger partial charge on any atom is -0.480 e. The lowest BCUT2D eigenvalue weighted by Gasteiger charge is -2.13. The fourth-order valence-electron chi connectivity index (χ4n) is 1.94. The normalized spacial score (nSPS) is 12.1. The van der Waals surface area contributed by atoms with Gasteiger partial charge in [-0.1, -0.05) is 13.3 Å². The molecule has 0 spiro atoms. The maximum Gasteiger partial charge on any atom is 0.326 e. The number of carboxylic acids is 1. The summed E-state index contributed by atoms with van der Waals surface area (Å²) < 4.78 is 1.83. The molecule has 0 aliphatic rings. The van der Waals surface area contributed by atoms with Crippen LogP contribution in [0.1, 0.15) is 29.4 Å². The topological polar surface area (TPSA) is 71.3 Å². The van der Waals surface area contributed by atoms with E-state index in [9.17, 15) is 9.59 Å². The van der Waals surface area contributed by atoms with Crippen molar-refractivity contribution in [3.8, 4) is 5.69 Å². The van der Waals surface area contributed by atoms with E-state index in [0.717, 1.165) is 5.69 Å². The molecule has 1 atom stereocenters. The summed E-state index contributed by atoms with van der Waals surface area (Å²) in [5, 5.41) is 13.5. The number of rotatable bonds is 6. The first-order valence-corrected chi connectivity index (χ1v) is 7.26. The van der Waals surface area contributed by atoms with Gasteiger partial charge in [-0.05, 0) is 30.0 Å². The summed E-state index contributed by atoms with van der Waals surface area (Å²) in [5.41, 5.74) is 0.762. The van der Waals surface area contributed by atoms with E-state index in [1.807, 2.05) is 47.5 Å². The minimum atomic E-state index is -1.00. The number of hydrogen-bond donors (Lipinski definition) is 2. The standard InChI is InChI=1S/C14H16N2O3S/c1-2-5-10(14(18)19)15-13(17)12-11(6-9-20-12)16-7-3-4-8-16/h3-4,6-10H,2,5H2,1H3,(H,15,17)(H,18,19). The summed E-state index contributed by atoms with van der Waals surface area (Å²) in [7, 11) is 0. The molecule has 2 heterocycles. The second kappa shape index (κ2) is 6.38. The Balaban J connectivity index is 2.18. The van der Waals surface area contributed by atoms with Crippen LogP contribution < -0.4 is 5.32 Å². The Morgan fingerprint density at radius 3 is 2.70 bits per heavy atom. The number of thiophene rings is 1. The third-order valence-electron chi connectivity index (χ3n) is 2.91. The van der Waals surface area contributed by atoms with Gasteiger partial charge in [0.05, 0.1) is 5.69 Å². The van der Waals surface area contributed by atoms with Crippen LogP contribution in [0.15, 0.2) is 36.0 Å². The highest BCUT2D eigenvalue weighted by Crippen LogP contribution is 2.21. The van der Waals surface area contributed by atoms with Gasteiger partial charge < -0.3 is 15.0 Å². The van der Waals surface area contributed by atoms with Crippen LogP contribution in [0, 0.1) is 0 Å². The van der Waals surface area contributed by atoms with E-state index in [4.69, 9.17) is 5.11 Å². The molecule has 0 fully saturated rings. The summed E-state index contributed by atoms with van der Waals surface area (Å²) in [5.74, 6) is -1.34. The van der Waals surface area contributed by atoms with Crippen molar-refractivity contribution in [3.05, 3.63) is 40.8 Å². The molecule has 0 aromatic carbocycles. The largest absolute Gasteiger partial charge is 0.480 e. The highest BCUT2D eigenvalue weighted by molar-refractivity contribution is 7.12. The van der Waals surface area contributed by atoms with Gasteiger partial charge in [0, 0.05) is 12.4 Å². The second-order valence-corrected chi connectivity index (χ2v) is 5.29. The van der Waals surface area contributed by atoms with Crippen molar-refractivity contribution < 1.29 is 14.7 Å². The van der Waals surface area contributed by atoms with E-state index in [1.54, 1.807) is 0 Å². The number of carbonyl (C=O) groups is 2. The minimum absolute atomic E-state index is 0.343. The van der Waals surface area contributed by atoms with Gasteiger partial charge in [-0.15, -0.1) is 11.3 Å². The smallest absolute Gasteiger partial charge is 0.326 e. The predicted octanol–water partition coefficient (Wildman–Crippen LogP) is 2.52. The molecule has 1 amide bonds. The van der Waals surface area contributed by atoms with Crippen LogP contribution >= 0.6 is 11.3 Å². The number of carboxylic acid groups (broad SMARTS) is 1. The number of aromatic nitrogens is 1. The van der Waals surface area contributed by atoms with Gasteiger partial charge in [0.25, 0.3) is 5.91 Å². The van der Waals surface area contributed by atoms with E-state index in [1.165, 1.54) is 11.3 Å². The highest BCUT2D eigenvalue weighted by Gasteiger charge is 2.22. The van der Waals surface area contributed by atoms with Gasteiger partial charge in [-0.2, -0.15) is 0 Å². The summed E-state index contributed by atoms with van der Waals surface area (Å²) in [6.45, 7) is 1.89. The molecule has 2 aromatic heterocycles. The van der Waals surface area contributed by atoms with Gasteiger partial charge in [0.2, 0.25) is 0 Å². The molecule has 5 nitrogen and oxygen atoms in total. The fraction of sp³-hybridized carbons (Fsp3) is 0.286. The summed E-state index contributed by atoms with van der Waals surface area (Å²) in [6.07, 6.45) is 4.82. The molecule has 106 valence electrons. The molecule has 0 aliphatic heterocycles. The van der Waals surface area contributed by atoms with Gasteiger partial charge in [0.1, 0.15) is 10.9 Å². The van der Waals surface area contributed by atoms with E-state index >= 15 is 0 Å². The molecule has 1 unspecified atom stereocenters. The molecule has 0 saturated heterocycles. The maximum atomic E-state index is 12.2. The molecule has 2 rings (SSSR count). The molecule has 6 heteroatoms. The van der Waals surface area contributed by atoms with Crippen LogP contribution in [0.4, 0.5) is 0 Å². The number of carbonyl (C=O) groups excluding carboxylic acids is 1. The van der Waals surface area contributed by atoms with Crippen molar-refractivity contribution in [2.45, 2.75) is 25.8 Å². The van der Waals surface area contributed by atoms with Crippen molar-refractivity contribution >= 4 is 23.2 Å². The number of amides is 1. The predicted molar refractivity (Wildman–Crippen MR) is 77.4 cm³/mol. The van der Waals surface area contributed by atoms with Gasteiger partial charge in [-0.3, -0.25) is 4.79 Å². The quantitative estimate of drug-likeness (QED) is 0.859. The first kappa shape index (κ1) is 14.3. The van der Waals surface area contributed by atoms with Crippen LogP contribution in [-0.4, -0.2) is 27.6 Å². The summed E-state index contributed by atoms with van der Waals surface area (Å²) >= 11 is 1.30. The molecular weight excluding hydrogens is 276 g/mol. The van der Waals surface area contributed by atoms with Crippen LogP contribution in [0.2, 0.25) is 0 Å². The third kappa shape index (κ3) is 3.08. The van der Waals surface area contributed by atoms with Gasteiger partial charge in [0.15, 0.2) is 0 Å². The lowest BCUT2D eigenvalue weighted by molar-refractivity contribution is -0.139. The van der Waals surface area contributed by atoms with Crippen molar-refractivity contribution in [1.29, 1.82) is 0 Å². The monoisotopic (exact) mass is 292 g/mol. The first-order valence-electron chi connectivity index (χ1n) is 6.38. The number of aliphatic carboxylic acids is 1. The molecular formula is C14H16N2O3S. The Morgan fingerprint density at radius 1 is 1.40 bits per heavy atom. The van der Waals surface area contributed by atoms with E-state index in [2.05, 4.69) is 5.32 Å². The van der Waals surface area contributed by atoms with Gasteiger partial charge in [-0.25, -0.2) is 4.79 Å². The van der Waals surface area contributed by atoms with Crippen molar-refractivity contribution in [1.82, 2.24) is 9.88 Å². The lowest BCUT2D eigenvalue weighted by atomic mass is 10.1. The number of hydrogen-bond acceptors (Lipinski definition) is 3. The average molecular weight is 292 g/mol. The highest BCUT2D eigenvalue weighted by atomic mass is 32.1. The van der Waals surface area contributed by atoms with Gasteiger partial charge >= 0.3 is 5.97 Å². The Labute approximate surface area is 120 Å². The lowest BCUT2D eigenvalue weighted by Crippen LogP contribution is -2.40. The van der Waals surface area contributed by atoms with Crippen LogP contribution in [0.5, 0.6) is 0 Å². The Bertz CT molecular complexity index is 589. The SMILES string of the molecule is CCCC(NC(=O)c1sccc1-n1cccc1)C(=O)O. The molecule has 2 N–H and O–H groups in total. The van der Waals surface area contributed by atoms with E-state index in [-0.39, 0.29) is 5.91 Å². The fourth-order valence-corrected chi connectivity index (χ4v) is 2.73. The van der Waals surface area contributed by atoms with Crippen molar-refractivity contribution in [2.75, 3.05) is 0 Å². The first-order chi connectivity index (χ1) is 9.63. The van der Waals surface area contributed by atoms with Crippen LogP contribution in [0.25, 0.3) is 5.69 Å². The Morgan fingerprint density at radius 2 is 2.10 bits per heavy atom. The van der Waals surface area contributed by atoms with Crippen LogP contribution in [-0.2, 0) is 4.79 Å². The summed E-state index contributed by atoms with van der Waals surface area (Å²) in [4.78, 5) is 23.8. The average Bonchev–Trinajstić information content (AvgIpc) is 3.08. The van der Waals surface area contributed by atoms with E-state index < -0.39 is 12.0 Å². The summed E-state index contributed by atoms with van der Waals surface area (Å²) in [6, 6.07) is 4.74. The second-order valence-electron chi connectivity index (χ2n) is 4.38. The zero-order valence-electron chi connectivity index (χ0n) is 11.1. The molecule has 0 radical (unpaired) electrons. The Kier molecular flexibility index (Phi) is 4.57. The molecule has 2 aromatic rings. The maximum absolute atomic E-state index is 12.2. The molecule has 0 bridgehead atoms. The number of nitrogens with zero attached hydrogens (tertiary/aromatic N) is 1. The van der Waals surface area contributed by atoms with E-state index in [0.29, 0.717) is 17.7 Å². The number of nitrogens with one attached hydrogen (secondary N) is 1. The molecule has 20 heavy (non-hydrogen) atoms. The zero-order valence-corrected chi connectivity index (χ0v) is 11.9. The molecule has 0 saturated carbocycles.